The zero-order valence-electron chi connectivity index (χ0n) is 13.3. The van der Waals surface area contributed by atoms with E-state index in [1.54, 1.807) is 0 Å². The first-order chi connectivity index (χ1) is 9.44. The predicted molar refractivity (Wildman–Crippen MR) is 82.3 cm³/mol. The maximum atomic E-state index is 11.9. The fraction of sp³-hybridized carbons (Fsp3) is 0.611. The van der Waals surface area contributed by atoms with Crippen LogP contribution in [0.25, 0.3) is 0 Å². The van der Waals surface area contributed by atoms with Crippen molar-refractivity contribution >= 4 is 5.78 Å². The highest BCUT2D eigenvalue weighted by atomic mass is 16.5. The summed E-state index contributed by atoms with van der Waals surface area (Å²) in [6, 6.07) is 6.30. The van der Waals surface area contributed by atoms with Gasteiger partial charge in [-0.2, -0.15) is 0 Å². The van der Waals surface area contributed by atoms with Gasteiger partial charge in [-0.15, -0.1) is 0 Å². The van der Waals surface area contributed by atoms with Crippen molar-refractivity contribution < 1.29 is 9.53 Å². The quantitative estimate of drug-likeness (QED) is 0.781. The zero-order valence-corrected chi connectivity index (χ0v) is 13.3. The second-order valence-corrected chi connectivity index (χ2v) is 6.27. The van der Waals surface area contributed by atoms with Crippen LogP contribution in [0, 0.1) is 12.3 Å². The summed E-state index contributed by atoms with van der Waals surface area (Å²) in [5.74, 6) is 1.79. The lowest BCUT2D eigenvalue weighted by Gasteiger charge is -2.46. The molecule has 1 aliphatic carbocycles. The van der Waals surface area contributed by atoms with Crippen LogP contribution in [0.3, 0.4) is 0 Å². The second-order valence-electron chi connectivity index (χ2n) is 6.27. The molecule has 110 valence electrons. The van der Waals surface area contributed by atoms with Crippen molar-refractivity contribution in [1.82, 2.24) is 0 Å². The maximum Gasteiger partial charge on any atom is 0.146 e. The molecule has 0 N–H and O–H groups in total. The molecular weight excluding hydrogens is 248 g/mol. The number of hydrogen-bond donors (Lipinski definition) is 0. The van der Waals surface area contributed by atoms with Gasteiger partial charge in [-0.25, -0.2) is 0 Å². The van der Waals surface area contributed by atoms with Crippen molar-refractivity contribution in [3.63, 3.8) is 0 Å². The van der Waals surface area contributed by atoms with Crippen molar-refractivity contribution in [1.29, 1.82) is 0 Å². The molecule has 1 aliphatic rings. The lowest BCUT2D eigenvalue weighted by Crippen LogP contribution is -2.56. The van der Waals surface area contributed by atoms with Crippen molar-refractivity contribution in [2.24, 2.45) is 5.41 Å². The first-order valence-electron chi connectivity index (χ1n) is 7.75. The van der Waals surface area contributed by atoms with Crippen LogP contribution in [0.15, 0.2) is 18.2 Å². The summed E-state index contributed by atoms with van der Waals surface area (Å²) >= 11 is 0. The van der Waals surface area contributed by atoms with Gasteiger partial charge in [-0.05, 0) is 48.9 Å². The summed E-state index contributed by atoms with van der Waals surface area (Å²) in [6.45, 7) is 10.7. The molecule has 0 saturated heterocycles. The smallest absolute Gasteiger partial charge is 0.146 e. The third-order valence-corrected chi connectivity index (χ3v) is 4.95. The molecule has 0 radical (unpaired) electrons. The van der Waals surface area contributed by atoms with E-state index < -0.39 is 0 Å². The molecule has 0 amide bonds. The Labute approximate surface area is 122 Å². The van der Waals surface area contributed by atoms with Crippen molar-refractivity contribution in [3.05, 3.63) is 29.3 Å². The largest absolute Gasteiger partial charge is 0.489 e. The summed E-state index contributed by atoms with van der Waals surface area (Å²) in [5.41, 5.74) is 2.38. The van der Waals surface area contributed by atoms with E-state index in [0.717, 1.165) is 18.6 Å². The average molecular weight is 274 g/mol. The van der Waals surface area contributed by atoms with E-state index in [1.165, 1.54) is 11.1 Å². The molecule has 2 rings (SSSR count). The minimum absolute atomic E-state index is 0.0503. The standard InChI is InChI=1S/C18H26O2/c1-6-18(7-2)16(19)11-17(18)20-14-8-9-15(12(3)4)13(5)10-14/h8-10,12,17H,6-7,11H2,1-5H3. The van der Waals surface area contributed by atoms with E-state index in [9.17, 15) is 4.79 Å². The van der Waals surface area contributed by atoms with Gasteiger partial charge < -0.3 is 4.74 Å². The maximum absolute atomic E-state index is 11.9. The van der Waals surface area contributed by atoms with Crippen LogP contribution in [-0.4, -0.2) is 11.9 Å². The first kappa shape index (κ1) is 15.1. The molecule has 0 bridgehead atoms. The van der Waals surface area contributed by atoms with Crippen LogP contribution < -0.4 is 4.74 Å². The number of rotatable bonds is 5. The highest BCUT2D eigenvalue weighted by Crippen LogP contribution is 2.45. The highest BCUT2D eigenvalue weighted by molar-refractivity contribution is 5.92. The molecule has 0 aliphatic heterocycles. The Morgan fingerprint density at radius 1 is 1.30 bits per heavy atom. The van der Waals surface area contributed by atoms with Gasteiger partial charge in [0, 0.05) is 6.42 Å². The number of hydrogen-bond acceptors (Lipinski definition) is 2. The minimum atomic E-state index is -0.245. The van der Waals surface area contributed by atoms with E-state index in [-0.39, 0.29) is 11.5 Å². The number of carbonyl (C=O) groups excluding carboxylic acids is 1. The first-order valence-corrected chi connectivity index (χ1v) is 7.75. The normalized spacial score (nSPS) is 20.9. The van der Waals surface area contributed by atoms with E-state index in [0.29, 0.717) is 18.1 Å². The molecule has 1 atom stereocenters. The van der Waals surface area contributed by atoms with Gasteiger partial charge >= 0.3 is 0 Å². The monoisotopic (exact) mass is 274 g/mol. The zero-order chi connectivity index (χ0) is 14.9. The van der Waals surface area contributed by atoms with Gasteiger partial charge in [-0.3, -0.25) is 4.79 Å². The van der Waals surface area contributed by atoms with Gasteiger partial charge in [0.15, 0.2) is 0 Å². The molecule has 1 aromatic rings. The molecule has 1 aromatic carbocycles. The summed E-state index contributed by atoms with van der Waals surface area (Å²) in [5, 5.41) is 0. The Morgan fingerprint density at radius 2 is 1.95 bits per heavy atom. The molecule has 0 aromatic heterocycles. The SMILES string of the molecule is CCC1(CC)C(=O)CC1Oc1ccc(C(C)C)c(C)c1. The van der Waals surface area contributed by atoms with E-state index in [1.807, 2.05) is 6.07 Å². The molecular formula is C18H26O2. The Balaban J connectivity index is 2.15. The molecule has 1 unspecified atom stereocenters. The van der Waals surface area contributed by atoms with Gasteiger partial charge in [-0.1, -0.05) is 33.8 Å². The van der Waals surface area contributed by atoms with Crippen LogP contribution in [-0.2, 0) is 4.79 Å². The predicted octanol–water partition coefficient (Wildman–Crippen LogP) is 4.65. The van der Waals surface area contributed by atoms with Gasteiger partial charge in [0.05, 0.1) is 5.41 Å². The van der Waals surface area contributed by atoms with E-state index in [2.05, 4.69) is 46.8 Å². The van der Waals surface area contributed by atoms with Crippen LogP contribution in [0.1, 0.15) is 64.0 Å². The van der Waals surface area contributed by atoms with Crippen LogP contribution in [0.2, 0.25) is 0 Å². The van der Waals surface area contributed by atoms with Crippen molar-refractivity contribution in [2.45, 2.75) is 65.9 Å². The van der Waals surface area contributed by atoms with Crippen molar-refractivity contribution in [2.75, 3.05) is 0 Å². The van der Waals surface area contributed by atoms with Gasteiger partial charge in [0.25, 0.3) is 0 Å². The summed E-state index contributed by atoms with van der Waals surface area (Å²) in [6.07, 6.45) is 2.35. The number of Topliss-reactive ketones (excluding diaryl/α,β-unsaturated/α-hetero) is 1. The minimum Gasteiger partial charge on any atom is -0.489 e. The molecule has 2 heteroatoms. The molecule has 1 fully saturated rings. The second kappa shape index (κ2) is 5.59. The Bertz CT molecular complexity index is 498. The number of ketones is 1. The van der Waals surface area contributed by atoms with Crippen molar-refractivity contribution in [3.8, 4) is 5.75 Å². The fourth-order valence-corrected chi connectivity index (χ4v) is 3.40. The average Bonchev–Trinajstić information content (AvgIpc) is 2.39. The molecule has 1 saturated carbocycles. The number of ether oxygens (including phenoxy) is 1. The summed E-state index contributed by atoms with van der Waals surface area (Å²) < 4.78 is 6.11. The Hall–Kier alpha value is -1.31. The summed E-state index contributed by atoms with van der Waals surface area (Å²) in [7, 11) is 0. The fourth-order valence-electron chi connectivity index (χ4n) is 3.40. The molecule has 2 nitrogen and oxygen atoms in total. The molecule has 0 heterocycles. The Morgan fingerprint density at radius 3 is 2.40 bits per heavy atom. The van der Waals surface area contributed by atoms with Crippen LogP contribution in [0.5, 0.6) is 5.75 Å². The molecule has 0 spiro atoms. The number of carbonyl (C=O) groups is 1. The third-order valence-electron chi connectivity index (χ3n) is 4.95. The lowest BCUT2D eigenvalue weighted by atomic mass is 9.61. The van der Waals surface area contributed by atoms with E-state index in [4.69, 9.17) is 4.74 Å². The number of aryl methyl sites for hydroxylation is 1. The van der Waals surface area contributed by atoms with Gasteiger partial charge in [0.1, 0.15) is 17.6 Å². The Kier molecular flexibility index (Phi) is 4.22. The molecule has 20 heavy (non-hydrogen) atoms. The third kappa shape index (κ3) is 2.36. The summed E-state index contributed by atoms with van der Waals surface area (Å²) in [4.78, 5) is 11.9. The number of benzene rings is 1. The van der Waals surface area contributed by atoms with Crippen LogP contribution >= 0.6 is 0 Å². The lowest BCUT2D eigenvalue weighted by molar-refractivity contribution is -0.153. The topological polar surface area (TPSA) is 26.3 Å². The van der Waals surface area contributed by atoms with E-state index >= 15 is 0 Å². The highest BCUT2D eigenvalue weighted by Gasteiger charge is 2.53. The van der Waals surface area contributed by atoms with Crippen LogP contribution in [0.4, 0.5) is 0 Å². The van der Waals surface area contributed by atoms with Gasteiger partial charge in [0.2, 0.25) is 0 Å².